The van der Waals surface area contributed by atoms with Crippen molar-refractivity contribution in [3.05, 3.63) is 46.9 Å². The molecule has 1 heterocycles. The van der Waals surface area contributed by atoms with Crippen LogP contribution in [0.25, 0.3) is 0 Å². The standard InChI is InChI=1S/C21H25BrN2O6S/c1-15(2)30-17-4-6-18(7-5-17)31(27,28)24-11-9-23(10-12-24)16-3-8-19(22)20(13-16)29-14-21(25)26/h3-8,13,15H,9-12,14H2,1-2H3,(H,25,26). The van der Waals surface area contributed by atoms with Gasteiger partial charge in [0.05, 0.1) is 15.5 Å². The molecule has 1 fully saturated rings. The van der Waals surface area contributed by atoms with E-state index in [1.165, 1.54) is 4.31 Å². The molecule has 0 amide bonds. The number of carboxylic acid groups (broad SMARTS) is 1. The minimum atomic E-state index is -3.59. The van der Waals surface area contributed by atoms with Gasteiger partial charge in [0.2, 0.25) is 10.0 Å². The first kappa shape index (κ1) is 23.4. The van der Waals surface area contributed by atoms with Crippen molar-refractivity contribution in [1.82, 2.24) is 4.31 Å². The third-order valence-electron chi connectivity index (χ3n) is 4.70. The first-order valence-electron chi connectivity index (χ1n) is 9.83. The number of carboxylic acids is 1. The van der Waals surface area contributed by atoms with Crippen molar-refractivity contribution in [3.8, 4) is 11.5 Å². The molecule has 2 aromatic rings. The fourth-order valence-corrected chi connectivity index (χ4v) is 5.02. The van der Waals surface area contributed by atoms with Crippen molar-refractivity contribution < 1.29 is 27.8 Å². The Morgan fingerprint density at radius 1 is 1.10 bits per heavy atom. The Labute approximate surface area is 190 Å². The predicted molar refractivity (Wildman–Crippen MR) is 120 cm³/mol. The van der Waals surface area contributed by atoms with Crippen LogP contribution in [0, 0.1) is 0 Å². The van der Waals surface area contributed by atoms with Crippen LogP contribution in [0.15, 0.2) is 51.8 Å². The zero-order chi connectivity index (χ0) is 22.6. The van der Waals surface area contributed by atoms with Gasteiger partial charge < -0.3 is 19.5 Å². The monoisotopic (exact) mass is 512 g/mol. The topological polar surface area (TPSA) is 96.4 Å². The van der Waals surface area contributed by atoms with Crippen LogP contribution in [0.3, 0.4) is 0 Å². The highest BCUT2D eigenvalue weighted by Gasteiger charge is 2.29. The molecule has 1 aliphatic heterocycles. The maximum absolute atomic E-state index is 13.0. The largest absolute Gasteiger partial charge is 0.491 e. The number of anilines is 1. The van der Waals surface area contributed by atoms with E-state index in [0.29, 0.717) is 42.2 Å². The first-order chi connectivity index (χ1) is 14.7. The SMILES string of the molecule is CC(C)Oc1ccc(S(=O)(=O)N2CCN(c3ccc(Br)c(OCC(=O)O)c3)CC2)cc1. The molecule has 0 spiro atoms. The van der Waals surface area contributed by atoms with Crippen LogP contribution in [0.1, 0.15) is 13.8 Å². The summed E-state index contributed by atoms with van der Waals surface area (Å²) in [5, 5.41) is 8.82. The Bertz CT molecular complexity index is 1020. The number of sulfonamides is 1. The van der Waals surface area contributed by atoms with Crippen LogP contribution in [-0.2, 0) is 14.8 Å². The number of halogens is 1. The van der Waals surface area contributed by atoms with Gasteiger partial charge in [0.1, 0.15) is 11.5 Å². The second-order valence-corrected chi connectivity index (χ2v) is 10.1. The number of hydrogen-bond acceptors (Lipinski definition) is 6. The molecule has 0 aliphatic carbocycles. The quantitative estimate of drug-likeness (QED) is 0.579. The van der Waals surface area contributed by atoms with Gasteiger partial charge in [-0.2, -0.15) is 4.31 Å². The lowest BCUT2D eigenvalue weighted by Gasteiger charge is -2.35. The fraction of sp³-hybridized carbons (Fsp3) is 0.381. The van der Waals surface area contributed by atoms with Crippen LogP contribution in [0.5, 0.6) is 11.5 Å². The minimum absolute atomic E-state index is 0.0178. The third kappa shape index (κ3) is 5.90. The summed E-state index contributed by atoms with van der Waals surface area (Å²) in [5.74, 6) is 0.00788. The molecule has 168 valence electrons. The van der Waals surface area contributed by atoms with Gasteiger partial charge in [-0.05, 0) is 66.2 Å². The fourth-order valence-electron chi connectivity index (χ4n) is 3.24. The van der Waals surface area contributed by atoms with Crippen molar-refractivity contribution in [2.75, 3.05) is 37.7 Å². The highest BCUT2D eigenvalue weighted by molar-refractivity contribution is 9.10. The summed E-state index contributed by atoms with van der Waals surface area (Å²) in [5.41, 5.74) is 0.843. The molecule has 1 N–H and O–H groups in total. The van der Waals surface area contributed by atoms with E-state index in [1.54, 1.807) is 36.4 Å². The molecule has 1 saturated heterocycles. The van der Waals surface area contributed by atoms with E-state index in [0.717, 1.165) is 5.69 Å². The number of carbonyl (C=O) groups is 1. The molecule has 0 unspecified atom stereocenters. The van der Waals surface area contributed by atoms with Crippen LogP contribution in [-0.4, -0.2) is 62.7 Å². The minimum Gasteiger partial charge on any atom is -0.491 e. The zero-order valence-electron chi connectivity index (χ0n) is 17.3. The van der Waals surface area contributed by atoms with Gasteiger partial charge >= 0.3 is 5.97 Å². The lowest BCUT2D eigenvalue weighted by atomic mass is 10.2. The normalized spacial score (nSPS) is 15.2. The van der Waals surface area contributed by atoms with Gasteiger partial charge in [0.25, 0.3) is 0 Å². The number of aliphatic carboxylic acids is 1. The number of nitrogens with zero attached hydrogens (tertiary/aromatic N) is 2. The van der Waals surface area contributed by atoms with Crippen LogP contribution in [0.2, 0.25) is 0 Å². The predicted octanol–water partition coefficient (Wildman–Crippen LogP) is 3.21. The van der Waals surface area contributed by atoms with Gasteiger partial charge in [0, 0.05) is 37.9 Å². The lowest BCUT2D eigenvalue weighted by molar-refractivity contribution is -0.139. The van der Waals surface area contributed by atoms with E-state index in [-0.39, 0.29) is 11.0 Å². The highest BCUT2D eigenvalue weighted by atomic mass is 79.9. The summed E-state index contributed by atoms with van der Waals surface area (Å²) < 4.78 is 39.0. The summed E-state index contributed by atoms with van der Waals surface area (Å²) >= 11 is 3.35. The molecule has 3 rings (SSSR count). The molecular formula is C21H25BrN2O6S. The lowest BCUT2D eigenvalue weighted by Crippen LogP contribution is -2.48. The summed E-state index contributed by atoms with van der Waals surface area (Å²) in [7, 11) is -3.59. The Morgan fingerprint density at radius 3 is 2.32 bits per heavy atom. The second kappa shape index (κ2) is 9.88. The summed E-state index contributed by atoms with van der Waals surface area (Å²) in [6.07, 6.45) is 0.0178. The smallest absolute Gasteiger partial charge is 0.341 e. The number of benzene rings is 2. The molecule has 10 heteroatoms. The number of hydrogen-bond donors (Lipinski definition) is 1. The summed E-state index contributed by atoms with van der Waals surface area (Å²) in [4.78, 5) is 13.1. The number of ether oxygens (including phenoxy) is 2. The van der Waals surface area contributed by atoms with E-state index in [9.17, 15) is 13.2 Å². The van der Waals surface area contributed by atoms with E-state index in [4.69, 9.17) is 14.6 Å². The van der Waals surface area contributed by atoms with Gasteiger partial charge in [-0.1, -0.05) is 0 Å². The molecule has 0 atom stereocenters. The Morgan fingerprint density at radius 2 is 1.74 bits per heavy atom. The molecule has 0 bridgehead atoms. The number of rotatable bonds is 8. The molecule has 8 nitrogen and oxygen atoms in total. The molecule has 0 radical (unpaired) electrons. The Kier molecular flexibility index (Phi) is 7.45. The average molecular weight is 513 g/mol. The molecule has 0 saturated carbocycles. The van der Waals surface area contributed by atoms with Crippen molar-refractivity contribution >= 4 is 37.6 Å². The molecular weight excluding hydrogens is 488 g/mol. The van der Waals surface area contributed by atoms with Gasteiger partial charge in [0.15, 0.2) is 6.61 Å². The van der Waals surface area contributed by atoms with Crippen LogP contribution in [0.4, 0.5) is 5.69 Å². The van der Waals surface area contributed by atoms with E-state index in [1.807, 2.05) is 24.8 Å². The Balaban J connectivity index is 1.66. The highest BCUT2D eigenvalue weighted by Crippen LogP contribution is 2.31. The van der Waals surface area contributed by atoms with Crippen molar-refractivity contribution in [3.63, 3.8) is 0 Å². The van der Waals surface area contributed by atoms with E-state index < -0.39 is 22.6 Å². The summed E-state index contributed by atoms with van der Waals surface area (Å²) in [6, 6.07) is 11.9. The maximum Gasteiger partial charge on any atom is 0.341 e. The second-order valence-electron chi connectivity index (χ2n) is 7.33. The average Bonchev–Trinajstić information content (AvgIpc) is 2.73. The molecule has 2 aromatic carbocycles. The maximum atomic E-state index is 13.0. The van der Waals surface area contributed by atoms with Crippen molar-refractivity contribution in [2.45, 2.75) is 24.8 Å². The molecule has 1 aliphatic rings. The van der Waals surface area contributed by atoms with Gasteiger partial charge in [-0.25, -0.2) is 13.2 Å². The van der Waals surface area contributed by atoms with E-state index in [2.05, 4.69) is 15.9 Å². The van der Waals surface area contributed by atoms with Crippen molar-refractivity contribution in [1.29, 1.82) is 0 Å². The van der Waals surface area contributed by atoms with Gasteiger partial charge in [-0.15, -0.1) is 0 Å². The van der Waals surface area contributed by atoms with E-state index >= 15 is 0 Å². The third-order valence-corrected chi connectivity index (χ3v) is 7.27. The van der Waals surface area contributed by atoms with Crippen molar-refractivity contribution in [2.24, 2.45) is 0 Å². The summed E-state index contributed by atoms with van der Waals surface area (Å²) in [6.45, 7) is 5.09. The van der Waals surface area contributed by atoms with Crippen LogP contribution < -0.4 is 14.4 Å². The Hall–Kier alpha value is -2.30. The zero-order valence-corrected chi connectivity index (χ0v) is 19.7. The molecule has 0 aromatic heterocycles. The van der Waals surface area contributed by atoms with Crippen LogP contribution >= 0.6 is 15.9 Å². The van der Waals surface area contributed by atoms with Gasteiger partial charge in [-0.3, -0.25) is 0 Å². The number of piperazine rings is 1. The first-order valence-corrected chi connectivity index (χ1v) is 12.1. The molecule has 31 heavy (non-hydrogen) atoms.